The van der Waals surface area contributed by atoms with E-state index in [9.17, 15) is 5.11 Å². The lowest BCUT2D eigenvalue weighted by Gasteiger charge is -2.43. The lowest BCUT2D eigenvalue weighted by Crippen LogP contribution is -2.55. The maximum atomic E-state index is 9.50. The Morgan fingerprint density at radius 1 is 1.14 bits per heavy atom. The Morgan fingerprint density at radius 2 is 1.76 bits per heavy atom. The van der Waals surface area contributed by atoms with Crippen LogP contribution >= 0.6 is 0 Å². The molecule has 3 rings (SSSR count). The highest BCUT2D eigenvalue weighted by molar-refractivity contribution is 5.94. The number of pyridine rings is 1. The quantitative estimate of drug-likeness (QED) is 0.919. The molecule has 112 valence electrons. The maximum Gasteiger partial charge on any atom is 0.136 e. The first-order valence-electron chi connectivity index (χ1n) is 7.56. The molecule has 2 unspecified atom stereocenters. The predicted octanol–water partition coefficient (Wildman–Crippen LogP) is 2.26. The molecule has 1 aliphatic heterocycles. The Hall–Kier alpha value is -1.65. The molecule has 1 saturated heterocycles. The third kappa shape index (κ3) is 2.49. The van der Waals surface area contributed by atoms with Crippen molar-refractivity contribution in [2.75, 3.05) is 25.0 Å². The van der Waals surface area contributed by atoms with Gasteiger partial charge >= 0.3 is 0 Å². The van der Waals surface area contributed by atoms with Crippen LogP contribution in [0.5, 0.6) is 0 Å². The van der Waals surface area contributed by atoms with Crippen LogP contribution < -0.4 is 4.90 Å². The summed E-state index contributed by atoms with van der Waals surface area (Å²) in [7, 11) is 2.19. The lowest BCUT2D eigenvalue weighted by atomic mass is 10.0. The van der Waals surface area contributed by atoms with Crippen LogP contribution in [0.4, 0.5) is 5.82 Å². The number of aliphatic hydroxyl groups is 1. The van der Waals surface area contributed by atoms with Gasteiger partial charge in [-0.25, -0.2) is 4.98 Å². The molecule has 0 bridgehead atoms. The van der Waals surface area contributed by atoms with E-state index in [2.05, 4.69) is 47.8 Å². The van der Waals surface area contributed by atoms with Gasteiger partial charge in [-0.3, -0.25) is 4.90 Å². The minimum Gasteiger partial charge on any atom is -0.392 e. The largest absolute Gasteiger partial charge is 0.392 e. The highest BCUT2D eigenvalue weighted by Gasteiger charge is 2.28. The molecule has 4 heteroatoms. The SMILES string of the molecule is CC1CN(c2ncc(CO)c3ccccc23)CC(C)N1C. The van der Waals surface area contributed by atoms with Crippen LogP contribution in [0.2, 0.25) is 0 Å². The number of aromatic nitrogens is 1. The second-order valence-corrected chi connectivity index (χ2v) is 6.08. The molecule has 1 N–H and O–H groups in total. The van der Waals surface area contributed by atoms with Crippen molar-refractivity contribution in [3.05, 3.63) is 36.0 Å². The maximum absolute atomic E-state index is 9.50. The van der Waals surface area contributed by atoms with Gasteiger partial charge in [-0.1, -0.05) is 24.3 Å². The molecule has 1 fully saturated rings. The molecule has 2 atom stereocenters. The zero-order valence-electron chi connectivity index (χ0n) is 13.0. The number of nitrogens with zero attached hydrogens (tertiary/aromatic N) is 3. The van der Waals surface area contributed by atoms with E-state index in [1.807, 2.05) is 18.3 Å². The summed E-state index contributed by atoms with van der Waals surface area (Å²) >= 11 is 0. The van der Waals surface area contributed by atoms with Crippen LogP contribution in [0.3, 0.4) is 0 Å². The second kappa shape index (κ2) is 5.62. The summed E-state index contributed by atoms with van der Waals surface area (Å²) in [5.41, 5.74) is 0.893. The number of anilines is 1. The van der Waals surface area contributed by atoms with Gasteiger partial charge in [0.25, 0.3) is 0 Å². The van der Waals surface area contributed by atoms with Gasteiger partial charge in [0.1, 0.15) is 5.82 Å². The number of fused-ring (bicyclic) bond motifs is 1. The van der Waals surface area contributed by atoms with Crippen LogP contribution in [0.25, 0.3) is 10.8 Å². The minimum atomic E-state index is 0.0311. The molecule has 0 saturated carbocycles. The number of hydrogen-bond acceptors (Lipinski definition) is 4. The molecule has 0 radical (unpaired) electrons. The molecule has 1 aromatic carbocycles. The van der Waals surface area contributed by atoms with E-state index in [0.29, 0.717) is 12.1 Å². The van der Waals surface area contributed by atoms with Crippen LogP contribution in [0, 0.1) is 0 Å². The van der Waals surface area contributed by atoms with E-state index in [1.165, 1.54) is 0 Å². The Morgan fingerprint density at radius 3 is 2.38 bits per heavy atom. The third-order valence-electron chi connectivity index (χ3n) is 4.69. The Kier molecular flexibility index (Phi) is 3.83. The Labute approximate surface area is 126 Å². The summed E-state index contributed by atoms with van der Waals surface area (Å²) in [6.07, 6.45) is 1.81. The molecule has 1 aliphatic rings. The smallest absolute Gasteiger partial charge is 0.136 e. The van der Waals surface area contributed by atoms with Crippen LogP contribution in [-0.2, 0) is 6.61 Å². The van der Waals surface area contributed by atoms with Gasteiger partial charge in [0, 0.05) is 42.3 Å². The monoisotopic (exact) mass is 285 g/mol. The van der Waals surface area contributed by atoms with Crippen LogP contribution in [0.15, 0.2) is 30.5 Å². The van der Waals surface area contributed by atoms with Crippen molar-refractivity contribution in [3.8, 4) is 0 Å². The van der Waals surface area contributed by atoms with Crippen molar-refractivity contribution in [3.63, 3.8) is 0 Å². The van der Waals surface area contributed by atoms with Crippen molar-refractivity contribution in [1.82, 2.24) is 9.88 Å². The molecule has 4 nitrogen and oxygen atoms in total. The van der Waals surface area contributed by atoms with Gasteiger partial charge in [0.05, 0.1) is 6.61 Å². The molecule has 21 heavy (non-hydrogen) atoms. The summed E-state index contributed by atoms with van der Waals surface area (Å²) in [6.45, 7) is 6.51. The summed E-state index contributed by atoms with van der Waals surface area (Å²) in [4.78, 5) is 9.43. The number of aliphatic hydroxyl groups excluding tert-OH is 1. The normalized spacial score (nSPS) is 23.7. The van der Waals surface area contributed by atoms with E-state index >= 15 is 0 Å². The average Bonchev–Trinajstić information content (AvgIpc) is 2.51. The summed E-state index contributed by atoms with van der Waals surface area (Å²) < 4.78 is 0. The van der Waals surface area contributed by atoms with Crippen molar-refractivity contribution in [2.45, 2.75) is 32.5 Å². The van der Waals surface area contributed by atoms with Crippen molar-refractivity contribution >= 4 is 16.6 Å². The molecule has 1 aromatic heterocycles. The molecule has 2 heterocycles. The molecule has 2 aromatic rings. The fourth-order valence-corrected chi connectivity index (χ4v) is 3.19. The van der Waals surface area contributed by atoms with Crippen LogP contribution in [-0.4, -0.2) is 47.2 Å². The van der Waals surface area contributed by atoms with Crippen molar-refractivity contribution in [2.24, 2.45) is 0 Å². The van der Waals surface area contributed by atoms with Gasteiger partial charge in [-0.05, 0) is 26.3 Å². The number of rotatable bonds is 2. The van der Waals surface area contributed by atoms with E-state index in [0.717, 1.165) is 35.2 Å². The topological polar surface area (TPSA) is 39.6 Å². The van der Waals surface area contributed by atoms with E-state index < -0.39 is 0 Å². The molecular formula is C17H23N3O. The Balaban J connectivity index is 2.05. The zero-order valence-corrected chi connectivity index (χ0v) is 13.0. The third-order valence-corrected chi connectivity index (χ3v) is 4.69. The summed E-state index contributed by atoms with van der Waals surface area (Å²) in [5.74, 6) is 1.04. The fourth-order valence-electron chi connectivity index (χ4n) is 3.19. The van der Waals surface area contributed by atoms with Gasteiger partial charge in [0.15, 0.2) is 0 Å². The van der Waals surface area contributed by atoms with Gasteiger partial charge in [-0.15, -0.1) is 0 Å². The highest BCUT2D eigenvalue weighted by Crippen LogP contribution is 2.29. The summed E-state index contributed by atoms with van der Waals surface area (Å²) in [5, 5.41) is 11.7. The van der Waals surface area contributed by atoms with Crippen molar-refractivity contribution in [1.29, 1.82) is 0 Å². The zero-order chi connectivity index (χ0) is 15.0. The molecule has 0 spiro atoms. The fraction of sp³-hybridized carbons (Fsp3) is 0.471. The standard InChI is InChI=1S/C17H23N3O/c1-12-9-20(10-13(2)19(12)3)17-16-7-5-4-6-15(16)14(11-21)8-18-17/h4-8,12-13,21H,9-11H2,1-3H3. The van der Waals surface area contributed by atoms with E-state index in [1.54, 1.807) is 0 Å². The molecule has 0 aliphatic carbocycles. The van der Waals surface area contributed by atoms with E-state index in [-0.39, 0.29) is 6.61 Å². The number of likely N-dealkylation sites (N-methyl/N-ethyl adjacent to an activating group) is 1. The lowest BCUT2D eigenvalue weighted by molar-refractivity contribution is 0.170. The second-order valence-electron chi connectivity index (χ2n) is 6.08. The average molecular weight is 285 g/mol. The van der Waals surface area contributed by atoms with E-state index in [4.69, 9.17) is 0 Å². The Bertz CT molecular complexity index is 631. The first kappa shape index (κ1) is 14.3. The number of hydrogen-bond donors (Lipinski definition) is 1. The molecule has 0 amide bonds. The first-order chi connectivity index (χ1) is 10.1. The number of piperazine rings is 1. The van der Waals surface area contributed by atoms with Gasteiger partial charge < -0.3 is 10.0 Å². The van der Waals surface area contributed by atoms with Gasteiger partial charge in [-0.2, -0.15) is 0 Å². The number of benzene rings is 1. The van der Waals surface area contributed by atoms with Gasteiger partial charge in [0.2, 0.25) is 0 Å². The van der Waals surface area contributed by atoms with Crippen LogP contribution in [0.1, 0.15) is 19.4 Å². The van der Waals surface area contributed by atoms with Crippen molar-refractivity contribution < 1.29 is 5.11 Å². The predicted molar refractivity (Wildman–Crippen MR) is 86.6 cm³/mol. The highest BCUT2D eigenvalue weighted by atomic mass is 16.3. The summed E-state index contributed by atoms with van der Waals surface area (Å²) in [6, 6.07) is 9.23. The molecular weight excluding hydrogens is 262 g/mol. The minimum absolute atomic E-state index is 0.0311. The first-order valence-corrected chi connectivity index (χ1v) is 7.56.